The second kappa shape index (κ2) is 8.22. The van der Waals surface area contributed by atoms with Gasteiger partial charge in [0.1, 0.15) is 6.79 Å². The molecule has 0 spiro atoms. The molecule has 0 aromatic heterocycles. The fourth-order valence-corrected chi connectivity index (χ4v) is 5.05. The minimum absolute atomic E-state index is 0.206. The van der Waals surface area contributed by atoms with Gasteiger partial charge in [-0.3, -0.25) is 4.79 Å². The standard InChI is InChI=1S/C23H36O3/c1-8-12-22(6,9-2)21(26-15-25-7)18(5)23-13-10-16(3)17(4)20(23)19(24)11-14-23/h9,16,21H,2,5,8,10-15H2,1,3-4,6-7H3. The van der Waals surface area contributed by atoms with Crippen molar-refractivity contribution in [1.29, 1.82) is 0 Å². The van der Waals surface area contributed by atoms with Crippen molar-refractivity contribution in [1.82, 2.24) is 0 Å². The van der Waals surface area contributed by atoms with Crippen LogP contribution in [-0.2, 0) is 14.3 Å². The topological polar surface area (TPSA) is 35.5 Å². The van der Waals surface area contributed by atoms with E-state index in [9.17, 15) is 4.79 Å². The van der Waals surface area contributed by atoms with E-state index in [2.05, 4.69) is 40.9 Å². The molecule has 0 bridgehead atoms. The monoisotopic (exact) mass is 360 g/mol. The lowest BCUT2D eigenvalue weighted by Gasteiger charge is -2.46. The van der Waals surface area contributed by atoms with Crippen molar-refractivity contribution in [3.8, 4) is 0 Å². The minimum atomic E-state index is -0.246. The van der Waals surface area contributed by atoms with E-state index in [1.54, 1.807) is 7.11 Å². The molecular weight excluding hydrogens is 324 g/mol. The molecular formula is C23H36O3. The van der Waals surface area contributed by atoms with Gasteiger partial charge in [-0.25, -0.2) is 0 Å². The van der Waals surface area contributed by atoms with Gasteiger partial charge < -0.3 is 9.47 Å². The third kappa shape index (κ3) is 3.48. The van der Waals surface area contributed by atoms with Gasteiger partial charge in [0.15, 0.2) is 5.78 Å². The predicted octanol–water partition coefficient (Wildman–Crippen LogP) is 5.62. The fraction of sp³-hybridized carbons (Fsp3) is 0.696. The number of hydrogen-bond acceptors (Lipinski definition) is 3. The first-order valence-corrected chi connectivity index (χ1v) is 9.95. The smallest absolute Gasteiger partial charge is 0.159 e. The Kier molecular flexibility index (Phi) is 6.68. The number of ether oxygens (including phenoxy) is 2. The predicted molar refractivity (Wildman–Crippen MR) is 107 cm³/mol. The molecule has 1 fully saturated rings. The van der Waals surface area contributed by atoms with Crippen molar-refractivity contribution < 1.29 is 14.3 Å². The Balaban J connectivity index is 2.50. The van der Waals surface area contributed by atoms with Gasteiger partial charge in [0.2, 0.25) is 0 Å². The van der Waals surface area contributed by atoms with Crippen LogP contribution in [0.25, 0.3) is 0 Å². The highest BCUT2D eigenvalue weighted by molar-refractivity contribution is 6.01. The summed E-state index contributed by atoms with van der Waals surface area (Å²) in [6, 6.07) is 0. The molecule has 0 amide bonds. The number of fused-ring (bicyclic) bond motifs is 1. The fourth-order valence-electron chi connectivity index (χ4n) is 5.05. The van der Waals surface area contributed by atoms with E-state index in [-0.39, 0.29) is 23.7 Å². The van der Waals surface area contributed by atoms with Crippen LogP contribution in [-0.4, -0.2) is 25.8 Å². The number of rotatable bonds is 9. The van der Waals surface area contributed by atoms with Crippen LogP contribution >= 0.6 is 0 Å². The SMILES string of the molecule is C=CC(C)(CCC)C(OCOC)C(=C)C12CCC(=O)C1=C(C)C(C)CC2. The van der Waals surface area contributed by atoms with Crippen LogP contribution in [0.1, 0.15) is 66.2 Å². The minimum Gasteiger partial charge on any atom is -0.359 e. The molecule has 0 aromatic carbocycles. The van der Waals surface area contributed by atoms with Crippen LogP contribution in [0.15, 0.2) is 36.0 Å². The van der Waals surface area contributed by atoms with Crippen LogP contribution in [0.5, 0.6) is 0 Å². The highest BCUT2D eigenvalue weighted by Gasteiger charge is 2.52. The van der Waals surface area contributed by atoms with Gasteiger partial charge in [-0.15, -0.1) is 6.58 Å². The Morgan fingerprint density at radius 2 is 2.15 bits per heavy atom. The molecule has 4 atom stereocenters. The van der Waals surface area contributed by atoms with Gasteiger partial charge >= 0.3 is 0 Å². The van der Waals surface area contributed by atoms with E-state index in [4.69, 9.17) is 9.47 Å². The number of carbonyl (C=O) groups excluding carboxylic acids is 1. The summed E-state index contributed by atoms with van der Waals surface area (Å²) in [5.41, 5.74) is 2.84. The molecule has 0 heterocycles. The van der Waals surface area contributed by atoms with Crippen LogP contribution in [0.2, 0.25) is 0 Å². The molecule has 0 radical (unpaired) electrons. The van der Waals surface area contributed by atoms with Gasteiger partial charge in [0, 0.05) is 29.9 Å². The molecule has 4 unspecified atom stereocenters. The highest BCUT2D eigenvalue weighted by atomic mass is 16.7. The molecule has 3 nitrogen and oxygen atoms in total. The molecule has 0 aromatic rings. The third-order valence-electron chi connectivity index (χ3n) is 6.81. The lowest BCUT2D eigenvalue weighted by molar-refractivity contribution is -0.114. The van der Waals surface area contributed by atoms with Crippen LogP contribution in [0.4, 0.5) is 0 Å². The number of allylic oxidation sites excluding steroid dienone is 2. The van der Waals surface area contributed by atoms with Crippen LogP contribution in [0, 0.1) is 16.7 Å². The molecule has 2 aliphatic rings. The Hall–Kier alpha value is -1.19. The van der Waals surface area contributed by atoms with E-state index in [1.165, 1.54) is 5.57 Å². The van der Waals surface area contributed by atoms with Crippen molar-refractivity contribution >= 4 is 5.78 Å². The van der Waals surface area contributed by atoms with E-state index < -0.39 is 0 Å². The van der Waals surface area contributed by atoms with E-state index >= 15 is 0 Å². The average molecular weight is 361 g/mol. The molecule has 0 N–H and O–H groups in total. The van der Waals surface area contributed by atoms with Gasteiger partial charge in [0.05, 0.1) is 6.10 Å². The molecule has 2 aliphatic carbocycles. The normalized spacial score (nSPS) is 29.3. The number of ketones is 1. The largest absolute Gasteiger partial charge is 0.359 e. The van der Waals surface area contributed by atoms with Gasteiger partial charge in [-0.1, -0.05) is 45.4 Å². The first-order valence-electron chi connectivity index (χ1n) is 9.95. The molecule has 3 heteroatoms. The van der Waals surface area contributed by atoms with E-state index in [0.717, 1.165) is 43.3 Å². The van der Waals surface area contributed by atoms with Crippen molar-refractivity contribution in [2.45, 2.75) is 72.3 Å². The molecule has 146 valence electrons. The number of Topliss-reactive ketones (excluding diaryl/α,β-unsaturated/α-hetero) is 1. The Morgan fingerprint density at radius 3 is 2.73 bits per heavy atom. The maximum atomic E-state index is 12.8. The quantitative estimate of drug-likeness (QED) is 0.395. The Labute approximate surface area is 159 Å². The number of methoxy groups -OCH3 is 1. The summed E-state index contributed by atoms with van der Waals surface area (Å²) in [6.07, 6.45) is 7.34. The summed E-state index contributed by atoms with van der Waals surface area (Å²) in [5, 5.41) is 0. The maximum Gasteiger partial charge on any atom is 0.159 e. The van der Waals surface area contributed by atoms with Crippen molar-refractivity contribution in [3.63, 3.8) is 0 Å². The van der Waals surface area contributed by atoms with Crippen molar-refractivity contribution in [2.24, 2.45) is 16.7 Å². The molecule has 0 aliphatic heterocycles. The van der Waals surface area contributed by atoms with E-state index in [0.29, 0.717) is 18.1 Å². The first-order chi connectivity index (χ1) is 12.3. The Bertz CT molecular complexity index is 603. The summed E-state index contributed by atoms with van der Waals surface area (Å²) in [6.45, 7) is 17.6. The van der Waals surface area contributed by atoms with Crippen molar-refractivity contribution in [2.75, 3.05) is 13.9 Å². The summed E-state index contributed by atoms with van der Waals surface area (Å²) in [4.78, 5) is 12.8. The average Bonchev–Trinajstić information content (AvgIpc) is 2.97. The van der Waals surface area contributed by atoms with Crippen molar-refractivity contribution in [3.05, 3.63) is 36.0 Å². The highest BCUT2D eigenvalue weighted by Crippen LogP contribution is 2.58. The van der Waals surface area contributed by atoms with Gasteiger partial charge in [0.25, 0.3) is 0 Å². The molecule has 0 saturated heterocycles. The lowest BCUT2D eigenvalue weighted by atomic mass is 9.60. The Morgan fingerprint density at radius 1 is 1.46 bits per heavy atom. The summed E-state index contributed by atoms with van der Waals surface area (Å²) in [7, 11) is 1.64. The second-order valence-electron chi connectivity index (χ2n) is 8.44. The van der Waals surface area contributed by atoms with Crippen LogP contribution < -0.4 is 0 Å². The zero-order valence-electron chi connectivity index (χ0n) is 17.3. The molecule has 1 saturated carbocycles. The third-order valence-corrected chi connectivity index (χ3v) is 6.81. The summed E-state index contributed by atoms with van der Waals surface area (Å²) < 4.78 is 11.4. The zero-order valence-corrected chi connectivity index (χ0v) is 17.3. The number of carbonyl (C=O) groups is 1. The summed E-state index contributed by atoms with van der Waals surface area (Å²) in [5.74, 6) is 0.768. The first kappa shape index (κ1) is 21.1. The van der Waals surface area contributed by atoms with Gasteiger partial charge in [-0.05, 0) is 44.1 Å². The number of hydrogen-bond donors (Lipinski definition) is 0. The van der Waals surface area contributed by atoms with E-state index in [1.807, 2.05) is 6.08 Å². The zero-order chi connectivity index (χ0) is 19.5. The lowest BCUT2D eigenvalue weighted by Crippen LogP contribution is -2.42. The summed E-state index contributed by atoms with van der Waals surface area (Å²) >= 11 is 0. The van der Waals surface area contributed by atoms with Crippen LogP contribution in [0.3, 0.4) is 0 Å². The molecule has 2 rings (SSSR count). The molecule has 26 heavy (non-hydrogen) atoms. The maximum absolute atomic E-state index is 12.8. The second-order valence-corrected chi connectivity index (χ2v) is 8.44. The van der Waals surface area contributed by atoms with Gasteiger partial charge in [-0.2, -0.15) is 0 Å².